The van der Waals surface area contributed by atoms with Gasteiger partial charge in [-0.2, -0.15) is 0 Å². The lowest BCUT2D eigenvalue weighted by Gasteiger charge is -2.32. The van der Waals surface area contributed by atoms with Gasteiger partial charge < -0.3 is 15.7 Å². The second kappa shape index (κ2) is 6.17. The Balaban J connectivity index is 2.07. The lowest BCUT2D eigenvalue weighted by atomic mass is 9.92. The van der Waals surface area contributed by atoms with Gasteiger partial charge in [-0.05, 0) is 31.9 Å². The molecule has 0 aromatic heterocycles. The third-order valence-electron chi connectivity index (χ3n) is 3.75. The Bertz CT molecular complexity index is 415. The van der Waals surface area contributed by atoms with Gasteiger partial charge in [0.05, 0.1) is 18.2 Å². The van der Waals surface area contributed by atoms with E-state index in [0.717, 1.165) is 31.4 Å². The Labute approximate surface area is 114 Å². The largest absolute Gasteiger partial charge is 0.394 e. The van der Waals surface area contributed by atoms with Crippen LogP contribution in [0.1, 0.15) is 31.7 Å². The highest BCUT2D eigenvalue weighted by Gasteiger charge is 2.31. The summed E-state index contributed by atoms with van der Waals surface area (Å²) in [5.74, 6) is -0.0277. The van der Waals surface area contributed by atoms with E-state index in [2.05, 4.69) is 10.6 Å². The van der Waals surface area contributed by atoms with E-state index in [-0.39, 0.29) is 18.6 Å². The molecule has 0 spiro atoms. The van der Waals surface area contributed by atoms with E-state index in [1.807, 2.05) is 37.3 Å². The number of nitrogens with one attached hydrogen (secondary N) is 2. The van der Waals surface area contributed by atoms with Crippen LogP contribution in [0.25, 0.3) is 0 Å². The van der Waals surface area contributed by atoms with Crippen LogP contribution in [0.2, 0.25) is 0 Å². The minimum absolute atomic E-state index is 0.0277. The number of aliphatic hydroxyl groups is 1. The van der Waals surface area contributed by atoms with E-state index in [0.29, 0.717) is 0 Å². The van der Waals surface area contributed by atoms with E-state index in [4.69, 9.17) is 0 Å². The van der Waals surface area contributed by atoms with E-state index in [1.165, 1.54) is 0 Å². The van der Waals surface area contributed by atoms with Crippen molar-refractivity contribution >= 4 is 5.91 Å². The molecule has 1 heterocycles. The number of aliphatic hydroxyl groups excluding tert-OH is 1. The topological polar surface area (TPSA) is 61.4 Å². The Kier molecular flexibility index (Phi) is 4.56. The van der Waals surface area contributed by atoms with Crippen LogP contribution in [0.15, 0.2) is 30.3 Å². The van der Waals surface area contributed by atoms with Gasteiger partial charge in [0.15, 0.2) is 0 Å². The fraction of sp³-hybridized carbons (Fsp3) is 0.533. The molecular formula is C15H22N2O2. The maximum atomic E-state index is 12.3. The molecule has 3 N–H and O–H groups in total. The average molecular weight is 262 g/mol. The normalized spacial score (nSPS) is 22.5. The molecule has 104 valence electrons. The van der Waals surface area contributed by atoms with Crippen molar-refractivity contribution in [2.45, 2.75) is 37.8 Å². The summed E-state index contributed by atoms with van der Waals surface area (Å²) in [6, 6.07) is 9.45. The molecule has 2 atom stereocenters. The third kappa shape index (κ3) is 3.33. The average Bonchev–Trinajstić information content (AvgIpc) is 2.49. The first kappa shape index (κ1) is 14.0. The minimum Gasteiger partial charge on any atom is -0.394 e. The van der Waals surface area contributed by atoms with Crippen molar-refractivity contribution in [2.24, 2.45) is 0 Å². The summed E-state index contributed by atoms with van der Waals surface area (Å²) in [5, 5.41) is 15.9. The first-order valence-corrected chi connectivity index (χ1v) is 6.87. The number of hydrogen-bond acceptors (Lipinski definition) is 3. The Morgan fingerprint density at radius 3 is 2.74 bits per heavy atom. The Morgan fingerprint density at radius 2 is 2.16 bits per heavy atom. The molecule has 1 aromatic rings. The summed E-state index contributed by atoms with van der Waals surface area (Å²) in [5.41, 5.74) is 0.193. The molecule has 4 nitrogen and oxygen atoms in total. The fourth-order valence-electron chi connectivity index (χ4n) is 2.44. The molecule has 0 bridgehead atoms. The maximum absolute atomic E-state index is 12.3. The van der Waals surface area contributed by atoms with Crippen LogP contribution in [0, 0.1) is 0 Å². The zero-order valence-electron chi connectivity index (χ0n) is 11.4. The first-order valence-electron chi connectivity index (χ1n) is 6.87. The van der Waals surface area contributed by atoms with Crippen LogP contribution < -0.4 is 10.6 Å². The van der Waals surface area contributed by atoms with Gasteiger partial charge in [-0.25, -0.2) is 0 Å². The van der Waals surface area contributed by atoms with Crippen LogP contribution in [-0.2, 0) is 10.3 Å². The van der Waals surface area contributed by atoms with Crippen molar-refractivity contribution < 1.29 is 9.90 Å². The van der Waals surface area contributed by atoms with Crippen molar-refractivity contribution in [1.82, 2.24) is 10.6 Å². The number of carbonyl (C=O) groups excluding carboxylic acids is 1. The molecule has 4 heteroatoms. The molecule has 0 aliphatic carbocycles. The van der Waals surface area contributed by atoms with Crippen LogP contribution in [0.5, 0.6) is 0 Å². The van der Waals surface area contributed by atoms with Crippen molar-refractivity contribution in [1.29, 1.82) is 0 Å². The van der Waals surface area contributed by atoms with Gasteiger partial charge in [-0.3, -0.25) is 4.79 Å². The Hall–Kier alpha value is -1.39. The molecular weight excluding hydrogens is 240 g/mol. The predicted octanol–water partition coefficient (Wildman–Crippen LogP) is 1.15. The van der Waals surface area contributed by atoms with Gasteiger partial charge in [-0.1, -0.05) is 36.8 Å². The fourth-order valence-corrected chi connectivity index (χ4v) is 2.44. The lowest BCUT2D eigenvalue weighted by molar-refractivity contribution is -0.126. The molecule has 19 heavy (non-hydrogen) atoms. The van der Waals surface area contributed by atoms with Gasteiger partial charge >= 0.3 is 0 Å². The van der Waals surface area contributed by atoms with Crippen LogP contribution in [0.4, 0.5) is 0 Å². The quantitative estimate of drug-likeness (QED) is 0.763. The van der Waals surface area contributed by atoms with E-state index < -0.39 is 5.54 Å². The highest BCUT2D eigenvalue weighted by molar-refractivity contribution is 5.82. The molecule has 2 rings (SSSR count). The summed E-state index contributed by atoms with van der Waals surface area (Å²) in [6.45, 7) is 2.62. The standard InChI is InChI=1S/C15H22N2O2/c1-15(11-18,12-7-3-2-4-8-12)17-14(19)13-9-5-6-10-16-13/h2-4,7-8,13,16,18H,5-6,9-11H2,1H3,(H,17,19). The van der Waals surface area contributed by atoms with Crippen LogP contribution >= 0.6 is 0 Å². The van der Waals surface area contributed by atoms with Gasteiger partial charge in [0.2, 0.25) is 5.91 Å². The van der Waals surface area contributed by atoms with Crippen molar-refractivity contribution in [3.8, 4) is 0 Å². The van der Waals surface area contributed by atoms with E-state index in [1.54, 1.807) is 0 Å². The number of amides is 1. The number of carbonyl (C=O) groups is 1. The summed E-state index contributed by atoms with van der Waals surface area (Å²) < 4.78 is 0. The highest BCUT2D eigenvalue weighted by atomic mass is 16.3. The second-order valence-corrected chi connectivity index (χ2v) is 5.35. The van der Waals surface area contributed by atoms with Crippen molar-refractivity contribution in [2.75, 3.05) is 13.2 Å². The summed E-state index contributed by atoms with van der Waals surface area (Å²) in [6.07, 6.45) is 3.06. The van der Waals surface area contributed by atoms with Gasteiger partial charge in [0.25, 0.3) is 0 Å². The zero-order chi connectivity index (χ0) is 13.7. The molecule has 1 fully saturated rings. The Morgan fingerprint density at radius 1 is 1.42 bits per heavy atom. The molecule has 1 aliphatic heterocycles. The molecule has 1 amide bonds. The molecule has 2 unspecified atom stereocenters. The molecule has 0 radical (unpaired) electrons. The number of piperidine rings is 1. The number of rotatable bonds is 4. The van der Waals surface area contributed by atoms with Crippen LogP contribution in [0.3, 0.4) is 0 Å². The van der Waals surface area contributed by atoms with Crippen LogP contribution in [-0.4, -0.2) is 30.2 Å². The smallest absolute Gasteiger partial charge is 0.237 e. The van der Waals surface area contributed by atoms with E-state index in [9.17, 15) is 9.90 Å². The lowest BCUT2D eigenvalue weighted by Crippen LogP contribution is -2.54. The number of hydrogen-bond donors (Lipinski definition) is 3. The van der Waals surface area contributed by atoms with Crippen molar-refractivity contribution in [3.05, 3.63) is 35.9 Å². The highest BCUT2D eigenvalue weighted by Crippen LogP contribution is 2.20. The summed E-state index contributed by atoms with van der Waals surface area (Å²) in [4.78, 5) is 12.3. The van der Waals surface area contributed by atoms with E-state index >= 15 is 0 Å². The minimum atomic E-state index is -0.725. The van der Waals surface area contributed by atoms with Gasteiger partial charge in [0, 0.05) is 0 Å². The number of benzene rings is 1. The molecule has 0 saturated carbocycles. The first-order chi connectivity index (χ1) is 9.15. The van der Waals surface area contributed by atoms with Gasteiger partial charge in [0.1, 0.15) is 0 Å². The van der Waals surface area contributed by atoms with Crippen molar-refractivity contribution in [3.63, 3.8) is 0 Å². The van der Waals surface area contributed by atoms with Gasteiger partial charge in [-0.15, -0.1) is 0 Å². The zero-order valence-corrected chi connectivity index (χ0v) is 11.4. The SMILES string of the molecule is CC(CO)(NC(=O)C1CCCCN1)c1ccccc1. The third-order valence-corrected chi connectivity index (χ3v) is 3.75. The summed E-state index contributed by atoms with van der Waals surface area (Å²) in [7, 11) is 0. The molecule has 1 saturated heterocycles. The maximum Gasteiger partial charge on any atom is 0.237 e. The predicted molar refractivity (Wildman–Crippen MR) is 74.7 cm³/mol. The monoisotopic (exact) mass is 262 g/mol. The molecule has 1 aromatic carbocycles. The summed E-state index contributed by atoms with van der Waals surface area (Å²) >= 11 is 0. The molecule has 1 aliphatic rings. The second-order valence-electron chi connectivity index (χ2n) is 5.35.